The Morgan fingerprint density at radius 3 is 2.00 bits per heavy atom. The van der Waals surface area contributed by atoms with Crippen molar-refractivity contribution in [2.45, 2.75) is 39.2 Å². The molecule has 0 aliphatic carbocycles. The van der Waals surface area contributed by atoms with Crippen molar-refractivity contribution < 1.29 is 13.5 Å². The summed E-state index contributed by atoms with van der Waals surface area (Å²) in [6.07, 6.45) is 1.87. The van der Waals surface area contributed by atoms with Crippen molar-refractivity contribution in [3.05, 3.63) is 0 Å². The lowest BCUT2D eigenvalue weighted by molar-refractivity contribution is 0.108. The van der Waals surface area contributed by atoms with E-state index in [1.54, 1.807) is 4.31 Å². The highest BCUT2D eigenvalue weighted by Gasteiger charge is 2.36. The fourth-order valence-electron chi connectivity index (χ4n) is 3.03. The summed E-state index contributed by atoms with van der Waals surface area (Å²) in [6, 6.07) is 0. The minimum atomic E-state index is -3.32. The molecule has 0 aromatic carbocycles. The number of hydrogen-bond donors (Lipinski definition) is 1. The number of rotatable bonds is 2. The standard InChI is InChI=1S/C12H24N2O3S/c1-10-7-11(2)9-14(8-10)18(16,17)13-5-3-12(15)4-6-13/h10-12,15H,3-9H2,1-2H3/t10-,11-/m0/s1. The van der Waals surface area contributed by atoms with Crippen LogP contribution in [0.15, 0.2) is 0 Å². The Labute approximate surface area is 110 Å². The number of piperidine rings is 2. The molecule has 106 valence electrons. The van der Waals surface area contributed by atoms with Gasteiger partial charge in [-0.15, -0.1) is 0 Å². The van der Waals surface area contributed by atoms with Crippen molar-refractivity contribution in [3.63, 3.8) is 0 Å². The summed E-state index contributed by atoms with van der Waals surface area (Å²) in [4.78, 5) is 0. The van der Waals surface area contributed by atoms with Crippen LogP contribution in [0.3, 0.4) is 0 Å². The summed E-state index contributed by atoms with van der Waals surface area (Å²) in [5.74, 6) is 0.859. The van der Waals surface area contributed by atoms with E-state index in [0.717, 1.165) is 6.42 Å². The molecular weight excluding hydrogens is 252 g/mol. The minimum absolute atomic E-state index is 0.337. The van der Waals surface area contributed by atoms with Crippen LogP contribution in [0.2, 0.25) is 0 Å². The van der Waals surface area contributed by atoms with Crippen LogP contribution in [-0.2, 0) is 10.2 Å². The van der Waals surface area contributed by atoms with Crippen LogP contribution in [0, 0.1) is 11.8 Å². The van der Waals surface area contributed by atoms with Crippen molar-refractivity contribution in [3.8, 4) is 0 Å². The highest BCUT2D eigenvalue weighted by molar-refractivity contribution is 7.86. The normalized spacial score (nSPS) is 33.7. The molecule has 0 saturated carbocycles. The van der Waals surface area contributed by atoms with Crippen molar-refractivity contribution in [2.24, 2.45) is 11.8 Å². The SMILES string of the molecule is C[C@H]1C[C@H](C)CN(S(=O)(=O)N2CCC(O)CC2)C1. The molecule has 2 aliphatic heterocycles. The predicted molar refractivity (Wildman–Crippen MR) is 70.3 cm³/mol. The first-order chi connectivity index (χ1) is 8.39. The van der Waals surface area contributed by atoms with Crippen LogP contribution in [0.5, 0.6) is 0 Å². The first-order valence-corrected chi connectivity index (χ1v) is 8.22. The van der Waals surface area contributed by atoms with E-state index in [2.05, 4.69) is 13.8 Å². The van der Waals surface area contributed by atoms with Gasteiger partial charge >= 0.3 is 0 Å². The van der Waals surface area contributed by atoms with Crippen molar-refractivity contribution in [2.75, 3.05) is 26.2 Å². The van der Waals surface area contributed by atoms with E-state index in [-0.39, 0.29) is 6.10 Å². The smallest absolute Gasteiger partial charge is 0.281 e. The molecule has 2 atom stereocenters. The fraction of sp³-hybridized carbons (Fsp3) is 1.00. The average Bonchev–Trinajstić information content (AvgIpc) is 2.28. The fourth-order valence-corrected chi connectivity index (χ4v) is 4.91. The zero-order chi connectivity index (χ0) is 13.3. The van der Waals surface area contributed by atoms with Crippen molar-refractivity contribution in [1.29, 1.82) is 0 Å². The molecule has 0 radical (unpaired) electrons. The molecule has 2 heterocycles. The first kappa shape index (κ1) is 14.2. The molecular formula is C12H24N2O3S. The Kier molecular flexibility index (Phi) is 4.31. The number of aliphatic hydroxyl groups is 1. The lowest BCUT2D eigenvalue weighted by atomic mass is 9.94. The zero-order valence-corrected chi connectivity index (χ0v) is 12.1. The molecule has 2 fully saturated rings. The van der Waals surface area contributed by atoms with Crippen LogP contribution in [0.1, 0.15) is 33.1 Å². The maximum absolute atomic E-state index is 12.5. The van der Waals surface area contributed by atoms with Crippen LogP contribution in [-0.4, -0.2) is 54.4 Å². The minimum Gasteiger partial charge on any atom is -0.393 e. The van der Waals surface area contributed by atoms with Gasteiger partial charge in [-0.1, -0.05) is 13.8 Å². The summed E-state index contributed by atoms with van der Waals surface area (Å²) >= 11 is 0. The summed E-state index contributed by atoms with van der Waals surface area (Å²) in [7, 11) is -3.32. The largest absolute Gasteiger partial charge is 0.393 e. The van der Waals surface area contributed by atoms with Crippen LogP contribution in [0.4, 0.5) is 0 Å². The van der Waals surface area contributed by atoms with Crippen molar-refractivity contribution >= 4 is 10.2 Å². The van der Waals surface area contributed by atoms with Gasteiger partial charge in [-0.2, -0.15) is 17.0 Å². The van der Waals surface area contributed by atoms with E-state index in [9.17, 15) is 13.5 Å². The Hall–Kier alpha value is -0.170. The third kappa shape index (κ3) is 3.04. The van der Waals surface area contributed by atoms with Gasteiger partial charge in [-0.05, 0) is 31.1 Å². The van der Waals surface area contributed by atoms with Gasteiger partial charge in [0.15, 0.2) is 0 Å². The summed E-state index contributed by atoms with van der Waals surface area (Å²) in [5.41, 5.74) is 0. The predicted octanol–water partition coefficient (Wildman–Crippen LogP) is 0.666. The number of hydrogen-bond acceptors (Lipinski definition) is 3. The van der Waals surface area contributed by atoms with E-state index < -0.39 is 10.2 Å². The second kappa shape index (κ2) is 5.45. The molecule has 0 aromatic rings. The van der Waals surface area contributed by atoms with Crippen molar-refractivity contribution in [1.82, 2.24) is 8.61 Å². The molecule has 0 unspecified atom stereocenters. The monoisotopic (exact) mass is 276 g/mol. The Morgan fingerprint density at radius 2 is 1.50 bits per heavy atom. The Balaban J connectivity index is 2.06. The van der Waals surface area contributed by atoms with Crippen LogP contribution < -0.4 is 0 Å². The van der Waals surface area contributed by atoms with Gasteiger partial charge in [0.25, 0.3) is 10.2 Å². The quantitative estimate of drug-likeness (QED) is 0.806. The second-order valence-electron chi connectivity index (χ2n) is 5.90. The molecule has 6 heteroatoms. The lowest BCUT2D eigenvalue weighted by Gasteiger charge is -2.38. The van der Waals surface area contributed by atoms with Crippen LogP contribution in [0.25, 0.3) is 0 Å². The molecule has 2 aliphatic rings. The average molecular weight is 276 g/mol. The molecule has 0 amide bonds. The van der Waals surface area contributed by atoms with E-state index >= 15 is 0 Å². The summed E-state index contributed by atoms with van der Waals surface area (Å²) in [5, 5.41) is 9.45. The zero-order valence-electron chi connectivity index (χ0n) is 11.2. The van der Waals surface area contributed by atoms with E-state index in [0.29, 0.717) is 50.9 Å². The van der Waals surface area contributed by atoms with Gasteiger partial charge in [0.05, 0.1) is 6.10 Å². The first-order valence-electron chi connectivity index (χ1n) is 6.83. The van der Waals surface area contributed by atoms with E-state index in [1.165, 1.54) is 4.31 Å². The maximum atomic E-state index is 12.5. The van der Waals surface area contributed by atoms with Gasteiger partial charge < -0.3 is 5.11 Å². The Bertz CT molecular complexity index is 367. The molecule has 2 rings (SSSR count). The topological polar surface area (TPSA) is 60.9 Å². The molecule has 0 aromatic heterocycles. The highest BCUT2D eigenvalue weighted by atomic mass is 32.2. The van der Waals surface area contributed by atoms with Gasteiger partial charge in [-0.25, -0.2) is 0 Å². The molecule has 0 bridgehead atoms. The van der Waals surface area contributed by atoms with E-state index in [1.807, 2.05) is 0 Å². The van der Waals surface area contributed by atoms with Gasteiger partial charge in [-0.3, -0.25) is 0 Å². The molecule has 1 N–H and O–H groups in total. The number of aliphatic hydroxyl groups excluding tert-OH is 1. The van der Waals surface area contributed by atoms with Crippen LogP contribution >= 0.6 is 0 Å². The number of nitrogens with zero attached hydrogens (tertiary/aromatic N) is 2. The third-order valence-electron chi connectivity index (χ3n) is 3.91. The molecule has 0 spiro atoms. The second-order valence-corrected chi connectivity index (χ2v) is 7.83. The third-order valence-corrected chi connectivity index (χ3v) is 5.88. The summed E-state index contributed by atoms with van der Waals surface area (Å²) < 4.78 is 28.2. The molecule has 18 heavy (non-hydrogen) atoms. The van der Waals surface area contributed by atoms with Gasteiger partial charge in [0, 0.05) is 26.2 Å². The van der Waals surface area contributed by atoms with Gasteiger partial charge in [0.2, 0.25) is 0 Å². The highest BCUT2D eigenvalue weighted by Crippen LogP contribution is 2.26. The van der Waals surface area contributed by atoms with Gasteiger partial charge in [0.1, 0.15) is 0 Å². The Morgan fingerprint density at radius 1 is 1.00 bits per heavy atom. The van der Waals surface area contributed by atoms with E-state index in [4.69, 9.17) is 0 Å². The summed E-state index contributed by atoms with van der Waals surface area (Å²) in [6.45, 7) is 6.37. The molecule has 2 saturated heterocycles. The lowest BCUT2D eigenvalue weighted by Crippen LogP contribution is -2.51. The maximum Gasteiger partial charge on any atom is 0.281 e. The molecule has 5 nitrogen and oxygen atoms in total.